The molecule has 0 radical (unpaired) electrons. The third-order valence-electron chi connectivity index (χ3n) is 4.67. The smallest absolute Gasteiger partial charge is 0.317 e. The molecule has 1 fully saturated rings. The molecule has 4 nitrogen and oxygen atoms in total. The molecule has 0 aliphatic carbocycles. The number of aryl methyl sites for hydroxylation is 1. The van der Waals surface area contributed by atoms with Crippen LogP contribution in [0.15, 0.2) is 60.7 Å². The topological polar surface area (TPSA) is 35.6 Å². The summed E-state index contributed by atoms with van der Waals surface area (Å²) < 4.78 is 0. The second-order valence-corrected chi connectivity index (χ2v) is 6.57. The summed E-state index contributed by atoms with van der Waals surface area (Å²) in [6, 6.07) is 21.0. The van der Waals surface area contributed by atoms with Crippen molar-refractivity contribution in [2.45, 2.75) is 19.4 Å². The van der Waals surface area contributed by atoms with E-state index in [-0.39, 0.29) is 6.03 Å². The van der Waals surface area contributed by atoms with Gasteiger partial charge in [-0.05, 0) is 24.0 Å². The first kappa shape index (κ1) is 17.5. The summed E-state index contributed by atoms with van der Waals surface area (Å²) in [6.45, 7) is 5.18. The molecule has 0 aromatic heterocycles. The van der Waals surface area contributed by atoms with Crippen molar-refractivity contribution in [1.29, 1.82) is 0 Å². The van der Waals surface area contributed by atoms with Crippen LogP contribution in [0, 0.1) is 0 Å². The van der Waals surface area contributed by atoms with Gasteiger partial charge in [0.15, 0.2) is 0 Å². The highest BCUT2D eigenvalue weighted by Crippen LogP contribution is 2.08. The Morgan fingerprint density at radius 2 is 1.44 bits per heavy atom. The summed E-state index contributed by atoms with van der Waals surface area (Å²) in [6.07, 6.45) is 1.98. The SMILES string of the molecule is O=C(NCCCc1ccccc1)N1CCN(Cc2ccccc2)CC1. The highest BCUT2D eigenvalue weighted by molar-refractivity contribution is 5.74. The van der Waals surface area contributed by atoms with Gasteiger partial charge in [0.05, 0.1) is 0 Å². The highest BCUT2D eigenvalue weighted by Gasteiger charge is 2.20. The molecule has 25 heavy (non-hydrogen) atoms. The summed E-state index contributed by atoms with van der Waals surface area (Å²) in [7, 11) is 0. The van der Waals surface area contributed by atoms with Crippen LogP contribution < -0.4 is 5.32 Å². The fourth-order valence-corrected chi connectivity index (χ4v) is 3.20. The molecular formula is C21H27N3O. The van der Waals surface area contributed by atoms with Gasteiger partial charge < -0.3 is 10.2 Å². The van der Waals surface area contributed by atoms with Gasteiger partial charge in [0.25, 0.3) is 0 Å². The number of amides is 2. The van der Waals surface area contributed by atoms with E-state index >= 15 is 0 Å². The average Bonchev–Trinajstić information content (AvgIpc) is 2.67. The van der Waals surface area contributed by atoms with Crippen LogP contribution in [0.5, 0.6) is 0 Å². The molecule has 1 heterocycles. The zero-order valence-electron chi connectivity index (χ0n) is 14.7. The van der Waals surface area contributed by atoms with E-state index in [0.717, 1.165) is 52.1 Å². The number of carbonyl (C=O) groups is 1. The van der Waals surface area contributed by atoms with Crippen molar-refractivity contribution >= 4 is 6.03 Å². The maximum atomic E-state index is 12.3. The Balaban J connectivity index is 1.33. The third-order valence-corrected chi connectivity index (χ3v) is 4.67. The second kappa shape index (κ2) is 9.23. The Hall–Kier alpha value is -2.33. The van der Waals surface area contributed by atoms with Gasteiger partial charge in [-0.1, -0.05) is 60.7 Å². The lowest BCUT2D eigenvalue weighted by Gasteiger charge is -2.34. The predicted octanol–water partition coefficient (Wildman–Crippen LogP) is 3.15. The van der Waals surface area contributed by atoms with Crippen LogP contribution in [0.3, 0.4) is 0 Å². The second-order valence-electron chi connectivity index (χ2n) is 6.57. The van der Waals surface area contributed by atoms with Crippen molar-refractivity contribution in [3.8, 4) is 0 Å². The number of benzene rings is 2. The zero-order chi connectivity index (χ0) is 17.3. The zero-order valence-corrected chi connectivity index (χ0v) is 14.7. The van der Waals surface area contributed by atoms with Gasteiger partial charge in [-0.15, -0.1) is 0 Å². The molecule has 132 valence electrons. The first-order valence-electron chi connectivity index (χ1n) is 9.14. The van der Waals surface area contributed by atoms with E-state index in [0.29, 0.717) is 0 Å². The van der Waals surface area contributed by atoms with Crippen molar-refractivity contribution in [3.05, 3.63) is 71.8 Å². The van der Waals surface area contributed by atoms with Gasteiger partial charge in [0, 0.05) is 39.3 Å². The molecule has 4 heteroatoms. The van der Waals surface area contributed by atoms with Crippen LogP contribution in [0.25, 0.3) is 0 Å². The number of nitrogens with zero attached hydrogens (tertiary/aromatic N) is 2. The van der Waals surface area contributed by atoms with E-state index in [1.54, 1.807) is 0 Å². The minimum atomic E-state index is 0.0763. The molecule has 1 saturated heterocycles. The van der Waals surface area contributed by atoms with Crippen LogP contribution in [0.2, 0.25) is 0 Å². The Morgan fingerprint density at radius 3 is 2.08 bits per heavy atom. The van der Waals surface area contributed by atoms with Crippen molar-refractivity contribution < 1.29 is 4.79 Å². The minimum absolute atomic E-state index is 0.0763. The van der Waals surface area contributed by atoms with Crippen molar-refractivity contribution in [2.75, 3.05) is 32.7 Å². The number of urea groups is 1. The lowest BCUT2D eigenvalue weighted by atomic mass is 10.1. The highest BCUT2D eigenvalue weighted by atomic mass is 16.2. The Kier molecular flexibility index (Phi) is 6.46. The molecule has 0 saturated carbocycles. The monoisotopic (exact) mass is 337 g/mol. The summed E-state index contributed by atoms with van der Waals surface area (Å²) >= 11 is 0. The van der Waals surface area contributed by atoms with E-state index in [9.17, 15) is 4.79 Å². The Bertz CT molecular complexity index is 637. The molecule has 0 unspecified atom stereocenters. The molecule has 2 amide bonds. The number of piperazine rings is 1. The maximum absolute atomic E-state index is 12.3. The minimum Gasteiger partial charge on any atom is -0.338 e. The fourth-order valence-electron chi connectivity index (χ4n) is 3.20. The number of rotatable bonds is 6. The molecule has 2 aromatic carbocycles. The molecule has 0 bridgehead atoms. The van der Waals surface area contributed by atoms with Crippen LogP contribution >= 0.6 is 0 Å². The van der Waals surface area contributed by atoms with Gasteiger partial charge in [-0.3, -0.25) is 4.90 Å². The molecule has 1 aliphatic heterocycles. The van der Waals surface area contributed by atoms with Gasteiger partial charge in [0.2, 0.25) is 0 Å². The summed E-state index contributed by atoms with van der Waals surface area (Å²) in [5.41, 5.74) is 2.66. The molecule has 3 rings (SSSR count). The van der Waals surface area contributed by atoms with Crippen molar-refractivity contribution in [3.63, 3.8) is 0 Å². The van der Waals surface area contributed by atoms with E-state index in [1.165, 1.54) is 11.1 Å². The largest absolute Gasteiger partial charge is 0.338 e. The summed E-state index contributed by atoms with van der Waals surface area (Å²) in [5.74, 6) is 0. The van der Waals surface area contributed by atoms with E-state index < -0.39 is 0 Å². The number of hydrogen-bond donors (Lipinski definition) is 1. The first-order valence-corrected chi connectivity index (χ1v) is 9.14. The average molecular weight is 337 g/mol. The number of carbonyl (C=O) groups excluding carboxylic acids is 1. The molecule has 0 spiro atoms. The lowest BCUT2D eigenvalue weighted by Crippen LogP contribution is -2.51. The molecule has 2 aromatic rings. The third kappa shape index (κ3) is 5.61. The van der Waals surface area contributed by atoms with Gasteiger partial charge in [0.1, 0.15) is 0 Å². The quantitative estimate of drug-likeness (QED) is 0.822. The van der Waals surface area contributed by atoms with Crippen LogP contribution in [0.4, 0.5) is 4.79 Å². The Morgan fingerprint density at radius 1 is 0.840 bits per heavy atom. The number of nitrogens with one attached hydrogen (secondary N) is 1. The molecule has 0 atom stereocenters. The summed E-state index contributed by atoms with van der Waals surface area (Å²) in [4.78, 5) is 16.6. The standard InChI is InChI=1S/C21H27N3O/c25-21(22-13-7-12-19-8-3-1-4-9-19)24-16-14-23(15-17-24)18-20-10-5-2-6-11-20/h1-6,8-11H,7,12-18H2,(H,22,25). The molecule has 1 N–H and O–H groups in total. The van der Waals surface area contributed by atoms with Gasteiger partial charge in [-0.2, -0.15) is 0 Å². The van der Waals surface area contributed by atoms with E-state index in [1.807, 2.05) is 17.0 Å². The fraction of sp³-hybridized carbons (Fsp3) is 0.381. The van der Waals surface area contributed by atoms with Crippen molar-refractivity contribution in [1.82, 2.24) is 15.1 Å². The summed E-state index contributed by atoms with van der Waals surface area (Å²) in [5, 5.41) is 3.06. The maximum Gasteiger partial charge on any atom is 0.317 e. The number of hydrogen-bond acceptors (Lipinski definition) is 2. The Labute approximate surface area is 150 Å². The van der Waals surface area contributed by atoms with Crippen LogP contribution in [0.1, 0.15) is 17.5 Å². The normalized spacial score (nSPS) is 15.1. The van der Waals surface area contributed by atoms with E-state index in [2.05, 4.69) is 58.7 Å². The lowest BCUT2D eigenvalue weighted by molar-refractivity contribution is 0.135. The van der Waals surface area contributed by atoms with Crippen LogP contribution in [-0.2, 0) is 13.0 Å². The first-order chi connectivity index (χ1) is 12.3. The molecular weight excluding hydrogens is 310 g/mol. The molecule has 1 aliphatic rings. The predicted molar refractivity (Wildman–Crippen MR) is 101 cm³/mol. The van der Waals surface area contributed by atoms with Crippen molar-refractivity contribution in [2.24, 2.45) is 0 Å². The van der Waals surface area contributed by atoms with Crippen LogP contribution in [-0.4, -0.2) is 48.6 Å². The van der Waals surface area contributed by atoms with Gasteiger partial charge in [-0.25, -0.2) is 4.79 Å². The van der Waals surface area contributed by atoms with Gasteiger partial charge >= 0.3 is 6.03 Å². The van der Waals surface area contributed by atoms with E-state index in [4.69, 9.17) is 0 Å².